The molecule has 10 nitrogen and oxygen atoms in total. The minimum atomic E-state index is -0.893. The zero-order chi connectivity index (χ0) is 25.2. The summed E-state index contributed by atoms with van der Waals surface area (Å²) in [5, 5.41) is 10.8. The van der Waals surface area contributed by atoms with E-state index in [1.807, 2.05) is 6.92 Å². The van der Waals surface area contributed by atoms with Crippen LogP contribution in [0.1, 0.15) is 47.0 Å². The summed E-state index contributed by atoms with van der Waals surface area (Å²) in [5.41, 5.74) is -0.518. The standard InChI is InChI=1S/C24H32O10/c1-6-15(10-30-13(3)25)23(29)32-18-9-24(5)8-7-17(27)16(11-31-14(4)26)20(34-24)21-19(18)12(2)22(28)33-21/h6,16-21,27H,2,7-11H2,1,3-5H3/b15-6-/t16-,17-,18-,19+,20+,21-,24-/m0/s1. The summed E-state index contributed by atoms with van der Waals surface area (Å²) in [6, 6.07) is 0. The maximum atomic E-state index is 12.9. The zero-order valence-corrected chi connectivity index (χ0v) is 19.9. The van der Waals surface area contributed by atoms with Gasteiger partial charge in [0.25, 0.3) is 0 Å². The largest absolute Gasteiger partial charge is 0.465 e. The van der Waals surface area contributed by atoms with E-state index in [1.54, 1.807) is 6.92 Å². The Kier molecular flexibility index (Phi) is 7.82. The monoisotopic (exact) mass is 480 g/mol. The van der Waals surface area contributed by atoms with Gasteiger partial charge in [0.2, 0.25) is 0 Å². The molecule has 7 atom stereocenters. The highest BCUT2D eigenvalue weighted by Crippen LogP contribution is 2.47. The van der Waals surface area contributed by atoms with Gasteiger partial charge in [0.15, 0.2) is 0 Å². The van der Waals surface area contributed by atoms with E-state index in [0.717, 1.165) is 0 Å². The van der Waals surface area contributed by atoms with Crippen molar-refractivity contribution in [1.82, 2.24) is 0 Å². The fourth-order valence-electron chi connectivity index (χ4n) is 4.88. The topological polar surface area (TPSA) is 135 Å². The van der Waals surface area contributed by atoms with Gasteiger partial charge in [0.1, 0.15) is 24.9 Å². The van der Waals surface area contributed by atoms with Crippen molar-refractivity contribution in [2.24, 2.45) is 11.8 Å². The van der Waals surface area contributed by atoms with E-state index in [4.69, 9.17) is 23.7 Å². The Labute approximate surface area is 198 Å². The Morgan fingerprint density at radius 1 is 1.21 bits per heavy atom. The summed E-state index contributed by atoms with van der Waals surface area (Å²) in [4.78, 5) is 48.0. The van der Waals surface area contributed by atoms with Crippen molar-refractivity contribution >= 4 is 23.9 Å². The first-order valence-electron chi connectivity index (χ1n) is 11.3. The van der Waals surface area contributed by atoms with Gasteiger partial charge >= 0.3 is 23.9 Å². The normalized spacial score (nSPS) is 35.4. The summed E-state index contributed by atoms with van der Waals surface area (Å²) in [6.45, 7) is 9.50. The number of esters is 4. The van der Waals surface area contributed by atoms with E-state index >= 15 is 0 Å². The van der Waals surface area contributed by atoms with Gasteiger partial charge in [0.05, 0.1) is 29.8 Å². The van der Waals surface area contributed by atoms with Crippen LogP contribution in [0.4, 0.5) is 0 Å². The lowest BCUT2D eigenvalue weighted by atomic mass is 9.78. The molecule has 3 rings (SSSR count). The molecule has 0 radical (unpaired) electrons. The third-order valence-electron chi connectivity index (χ3n) is 6.70. The third kappa shape index (κ3) is 5.50. The number of carbonyl (C=O) groups excluding carboxylic acids is 4. The van der Waals surface area contributed by atoms with Crippen LogP contribution in [0.5, 0.6) is 0 Å². The van der Waals surface area contributed by atoms with E-state index in [0.29, 0.717) is 12.8 Å². The number of fused-ring (bicyclic) bond motifs is 4. The fourth-order valence-corrected chi connectivity index (χ4v) is 4.88. The molecule has 1 N–H and O–H groups in total. The molecule has 0 spiro atoms. The van der Waals surface area contributed by atoms with Gasteiger partial charge in [-0.25, -0.2) is 9.59 Å². The van der Waals surface area contributed by atoms with Gasteiger partial charge in [-0.3, -0.25) is 9.59 Å². The van der Waals surface area contributed by atoms with Gasteiger partial charge in [-0.1, -0.05) is 12.7 Å². The lowest BCUT2D eigenvalue weighted by Crippen LogP contribution is -2.47. The second-order valence-corrected chi connectivity index (χ2v) is 9.27. The van der Waals surface area contributed by atoms with Gasteiger partial charge in [0, 0.05) is 31.8 Å². The molecule has 0 unspecified atom stereocenters. The number of hydrogen-bond acceptors (Lipinski definition) is 10. The highest BCUT2D eigenvalue weighted by Gasteiger charge is 2.58. The molecule has 3 saturated heterocycles. The van der Waals surface area contributed by atoms with Crippen molar-refractivity contribution in [1.29, 1.82) is 0 Å². The number of hydrogen-bond donors (Lipinski definition) is 1. The molecule has 0 aromatic heterocycles. The Balaban J connectivity index is 1.93. The van der Waals surface area contributed by atoms with Crippen LogP contribution in [-0.2, 0) is 42.9 Å². The molecule has 0 saturated carbocycles. The molecule has 2 bridgehead atoms. The minimum Gasteiger partial charge on any atom is -0.465 e. The van der Waals surface area contributed by atoms with Crippen LogP contribution in [0, 0.1) is 11.8 Å². The molecule has 3 heterocycles. The van der Waals surface area contributed by atoms with Crippen LogP contribution in [-0.4, -0.2) is 72.2 Å². The smallest absolute Gasteiger partial charge is 0.337 e. The highest BCUT2D eigenvalue weighted by atomic mass is 16.6. The molecule has 0 aliphatic carbocycles. The zero-order valence-electron chi connectivity index (χ0n) is 19.9. The molecule has 3 fully saturated rings. The number of rotatable bonds is 6. The molecule has 188 valence electrons. The van der Waals surface area contributed by atoms with E-state index in [-0.39, 0.29) is 30.8 Å². The predicted molar refractivity (Wildman–Crippen MR) is 116 cm³/mol. The van der Waals surface area contributed by atoms with Crippen LogP contribution >= 0.6 is 0 Å². The molecule has 34 heavy (non-hydrogen) atoms. The number of aliphatic hydroxyl groups excluding tert-OH is 1. The van der Waals surface area contributed by atoms with Gasteiger partial charge in [-0.15, -0.1) is 0 Å². The van der Waals surface area contributed by atoms with E-state index in [2.05, 4.69) is 6.58 Å². The molecular formula is C24H32O10. The first-order chi connectivity index (χ1) is 16.0. The van der Waals surface area contributed by atoms with Crippen LogP contribution in [0.15, 0.2) is 23.8 Å². The average Bonchev–Trinajstić information content (AvgIpc) is 2.90. The summed E-state index contributed by atoms with van der Waals surface area (Å²) >= 11 is 0. The van der Waals surface area contributed by atoms with Crippen molar-refractivity contribution in [3.63, 3.8) is 0 Å². The maximum Gasteiger partial charge on any atom is 0.337 e. The van der Waals surface area contributed by atoms with Crippen molar-refractivity contribution in [3.8, 4) is 0 Å². The van der Waals surface area contributed by atoms with E-state index in [9.17, 15) is 24.3 Å². The number of aliphatic hydroxyl groups is 1. The third-order valence-corrected chi connectivity index (χ3v) is 6.70. The Morgan fingerprint density at radius 3 is 2.50 bits per heavy atom. The van der Waals surface area contributed by atoms with Crippen molar-refractivity contribution < 1.29 is 48.0 Å². The molecule has 0 aromatic rings. The lowest BCUT2D eigenvalue weighted by molar-refractivity contribution is -0.173. The number of ether oxygens (including phenoxy) is 5. The number of allylic oxidation sites excluding steroid dienone is 1. The Hall–Kier alpha value is -2.72. The summed E-state index contributed by atoms with van der Waals surface area (Å²) in [7, 11) is 0. The van der Waals surface area contributed by atoms with E-state index < -0.39 is 65.7 Å². The van der Waals surface area contributed by atoms with Crippen LogP contribution < -0.4 is 0 Å². The highest BCUT2D eigenvalue weighted by molar-refractivity contribution is 5.92. The predicted octanol–water partition coefficient (Wildman–Crippen LogP) is 1.39. The molecule has 0 aromatic carbocycles. The molecule has 3 aliphatic rings. The number of carbonyl (C=O) groups is 4. The molecule has 0 amide bonds. The molecular weight excluding hydrogens is 448 g/mol. The second-order valence-electron chi connectivity index (χ2n) is 9.27. The van der Waals surface area contributed by atoms with E-state index in [1.165, 1.54) is 19.9 Å². The summed E-state index contributed by atoms with van der Waals surface area (Å²) in [5.74, 6) is -3.74. The average molecular weight is 481 g/mol. The Bertz CT molecular complexity index is 892. The molecule has 10 heteroatoms. The molecule has 3 aliphatic heterocycles. The van der Waals surface area contributed by atoms with Gasteiger partial charge in [-0.2, -0.15) is 0 Å². The lowest BCUT2D eigenvalue weighted by Gasteiger charge is -2.34. The van der Waals surface area contributed by atoms with Crippen molar-refractivity contribution in [3.05, 3.63) is 23.8 Å². The summed E-state index contributed by atoms with van der Waals surface area (Å²) < 4.78 is 28.0. The van der Waals surface area contributed by atoms with Crippen LogP contribution in [0.3, 0.4) is 0 Å². The van der Waals surface area contributed by atoms with Crippen LogP contribution in [0.2, 0.25) is 0 Å². The van der Waals surface area contributed by atoms with Crippen molar-refractivity contribution in [2.75, 3.05) is 13.2 Å². The van der Waals surface area contributed by atoms with Gasteiger partial charge in [-0.05, 0) is 26.7 Å². The maximum absolute atomic E-state index is 12.9. The second kappa shape index (κ2) is 10.3. The minimum absolute atomic E-state index is 0.111. The first kappa shape index (κ1) is 25.9. The van der Waals surface area contributed by atoms with Gasteiger partial charge < -0.3 is 28.8 Å². The van der Waals surface area contributed by atoms with Crippen molar-refractivity contribution in [2.45, 2.75) is 77.0 Å². The fraction of sp³-hybridized carbons (Fsp3) is 0.667. The first-order valence-corrected chi connectivity index (χ1v) is 11.3. The van der Waals surface area contributed by atoms with Crippen LogP contribution in [0.25, 0.3) is 0 Å². The summed E-state index contributed by atoms with van der Waals surface area (Å²) in [6.07, 6.45) is -0.838. The Morgan fingerprint density at radius 2 is 1.88 bits per heavy atom. The SMILES string of the molecule is C=C1C(=O)O[C@@H]2[C@@H]3O[C@@](C)(CC[C@H](O)[C@@H]3COC(C)=O)C[C@H](OC(=O)/C(=C\C)COC(C)=O)[C@@H]12. The quantitative estimate of drug-likeness (QED) is 0.337.